The fourth-order valence-electron chi connectivity index (χ4n) is 1.17. The lowest BCUT2D eigenvalue weighted by atomic mass is 9.86. The van der Waals surface area contributed by atoms with E-state index in [1.54, 1.807) is 11.9 Å². The number of nitrogens with zero attached hydrogens (tertiary/aromatic N) is 1. The molecule has 2 nitrogen and oxygen atoms in total. The van der Waals surface area contributed by atoms with Gasteiger partial charge in [-0.15, -0.1) is 0 Å². The van der Waals surface area contributed by atoms with Crippen LogP contribution in [0.2, 0.25) is 0 Å². The zero-order chi connectivity index (χ0) is 14.1. The second kappa shape index (κ2) is 9.84. The van der Waals surface area contributed by atoms with Crippen molar-refractivity contribution in [1.29, 1.82) is 0 Å². The monoisotopic (exact) mass is 260 g/mol. The summed E-state index contributed by atoms with van der Waals surface area (Å²) in [5.41, 5.74) is 1.29. The minimum Gasteiger partial charge on any atom is -0.384 e. The molecule has 1 unspecified atom stereocenters. The molecule has 0 fully saturated rings. The van der Waals surface area contributed by atoms with E-state index in [1.165, 1.54) is 6.42 Å². The number of nitrogens with one attached hydrogen (secondary N) is 1. The van der Waals surface area contributed by atoms with Gasteiger partial charge in [0, 0.05) is 18.3 Å². The Balaban J connectivity index is 0. The molecular weight excluding hydrogens is 228 g/mol. The van der Waals surface area contributed by atoms with Gasteiger partial charge in [-0.05, 0) is 25.6 Å². The van der Waals surface area contributed by atoms with Gasteiger partial charge in [0.25, 0.3) is 0 Å². The molecule has 0 aliphatic carbocycles. The Morgan fingerprint density at radius 1 is 1.35 bits per heavy atom. The van der Waals surface area contributed by atoms with Crippen molar-refractivity contribution in [3.8, 4) is 0 Å². The maximum atomic E-state index is 3.91. The lowest BCUT2D eigenvalue weighted by molar-refractivity contribution is 0.254. The zero-order valence-corrected chi connectivity index (χ0v) is 13.9. The molecule has 0 saturated heterocycles. The Bertz CT molecular complexity index is 197. The summed E-state index contributed by atoms with van der Waals surface area (Å²) in [5, 5.41) is 3.44. The van der Waals surface area contributed by atoms with Crippen molar-refractivity contribution >= 4 is 11.9 Å². The third-order valence-corrected chi connectivity index (χ3v) is 2.99. The van der Waals surface area contributed by atoms with Crippen molar-refractivity contribution in [1.82, 2.24) is 9.62 Å². The average Bonchev–Trinajstić information content (AvgIpc) is 2.15. The molecule has 0 aromatic rings. The summed E-state index contributed by atoms with van der Waals surface area (Å²) in [4.78, 5) is 0. The van der Waals surface area contributed by atoms with Crippen LogP contribution in [0.3, 0.4) is 0 Å². The molecule has 3 heteroatoms. The van der Waals surface area contributed by atoms with Gasteiger partial charge in [-0.3, -0.25) is 4.31 Å². The summed E-state index contributed by atoms with van der Waals surface area (Å²) >= 11 is 1.76. The Morgan fingerprint density at radius 3 is 2.00 bits per heavy atom. The van der Waals surface area contributed by atoms with E-state index < -0.39 is 0 Å². The number of hydrogen-bond donors (Lipinski definition) is 1. The van der Waals surface area contributed by atoms with Gasteiger partial charge in [0.1, 0.15) is 0 Å². The Labute approximate surface area is 113 Å². The number of likely N-dealkylation sites (N-methyl/N-ethyl adjacent to an activating group) is 1. The topological polar surface area (TPSA) is 15.3 Å². The van der Waals surface area contributed by atoms with E-state index in [9.17, 15) is 0 Å². The molecule has 0 radical (unpaired) electrons. The van der Waals surface area contributed by atoms with Crippen LogP contribution in [0.15, 0.2) is 12.3 Å². The van der Waals surface area contributed by atoms with E-state index in [1.807, 2.05) is 6.92 Å². The highest BCUT2D eigenvalue weighted by Gasteiger charge is 2.25. The summed E-state index contributed by atoms with van der Waals surface area (Å²) in [6, 6.07) is 0.442. The van der Waals surface area contributed by atoms with Crippen LogP contribution in [-0.2, 0) is 0 Å². The highest BCUT2D eigenvalue weighted by molar-refractivity contribution is 7.96. The van der Waals surface area contributed by atoms with Crippen molar-refractivity contribution in [2.75, 3.05) is 19.8 Å². The van der Waals surface area contributed by atoms with Crippen LogP contribution in [0.25, 0.3) is 0 Å². The Morgan fingerprint density at radius 2 is 1.76 bits per heavy atom. The standard InChI is InChI=1S/C11H24N2S.C3H8/c1-9(2)12-10(11(3,4)5)8-13(6)14-7;1-3-2/h10,12H,1,8H2,2-7H3;3H2,1-2H3. The van der Waals surface area contributed by atoms with Crippen molar-refractivity contribution < 1.29 is 0 Å². The van der Waals surface area contributed by atoms with Gasteiger partial charge < -0.3 is 5.32 Å². The van der Waals surface area contributed by atoms with Gasteiger partial charge >= 0.3 is 0 Å². The number of hydrogen-bond acceptors (Lipinski definition) is 3. The Hall–Kier alpha value is -0.150. The van der Waals surface area contributed by atoms with Crippen LogP contribution < -0.4 is 5.32 Å². The molecular formula is C14H32N2S. The minimum atomic E-state index is 0.253. The van der Waals surface area contributed by atoms with E-state index in [0.29, 0.717) is 6.04 Å². The second-order valence-corrected chi connectivity index (χ2v) is 6.53. The highest BCUT2D eigenvalue weighted by Crippen LogP contribution is 2.21. The van der Waals surface area contributed by atoms with E-state index in [4.69, 9.17) is 0 Å². The van der Waals surface area contributed by atoms with Gasteiger partial charge in [0.15, 0.2) is 0 Å². The van der Waals surface area contributed by atoms with Gasteiger partial charge in [-0.2, -0.15) is 0 Å². The van der Waals surface area contributed by atoms with E-state index in [-0.39, 0.29) is 5.41 Å². The molecule has 0 saturated carbocycles. The molecule has 0 bridgehead atoms. The average molecular weight is 260 g/mol. The predicted molar refractivity (Wildman–Crippen MR) is 83.3 cm³/mol. The molecule has 0 heterocycles. The van der Waals surface area contributed by atoms with Crippen LogP contribution in [0.4, 0.5) is 0 Å². The second-order valence-electron chi connectivity index (χ2n) is 5.54. The molecule has 0 amide bonds. The SMILES string of the molecule is C=C(C)NC(CN(C)SC)C(C)(C)C.CCC. The quantitative estimate of drug-likeness (QED) is 0.748. The van der Waals surface area contributed by atoms with Crippen LogP contribution in [0, 0.1) is 5.41 Å². The summed E-state index contributed by atoms with van der Waals surface area (Å²) in [7, 11) is 2.11. The van der Waals surface area contributed by atoms with Gasteiger partial charge in [0.05, 0.1) is 0 Å². The first-order valence-corrected chi connectivity index (χ1v) is 7.54. The maximum Gasteiger partial charge on any atom is 0.0442 e. The van der Waals surface area contributed by atoms with Gasteiger partial charge in [0.2, 0.25) is 0 Å². The molecule has 1 atom stereocenters. The van der Waals surface area contributed by atoms with Crippen LogP contribution in [0.5, 0.6) is 0 Å². The van der Waals surface area contributed by atoms with E-state index >= 15 is 0 Å². The van der Waals surface area contributed by atoms with Crippen LogP contribution in [0.1, 0.15) is 48.0 Å². The summed E-state index contributed by atoms with van der Waals surface area (Å²) in [6.45, 7) is 17.9. The van der Waals surface area contributed by atoms with Crippen LogP contribution >= 0.6 is 11.9 Å². The van der Waals surface area contributed by atoms with Crippen molar-refractivity contribution in [3.63, 3.8) is 0 Å². The van der Waals surface area contributed by atoms with E-state index in [0.717, 1.165) is 12.2 Å². The van der Waals surface area contributed by atoms with Crippen molar-refractivity contribution in [3.05, 3.63) is 12.3 Å². The van der Waals surface area contributed by atoms with Crippen molar-refractivity contribution in [2.45, 2.75) is 54.0 Å². The number of allylic oxidation sites excluding steroid dienone is 1. The molecule has 0 rings (SSSR count). The minimum absolute atomic E-state index is 0.253. The lowest BCUT2D eigenvalue weighted by Gasteiger charge is -2.34. The van der Waals surface area contributed by atoms with Gasteiger partial charge in [-0.25, -0.2) is 0 Å². The van der Waals surface area contributed by atoms with E-state index in [2.05, 4.69) is 64.1 Å². The predicted octanol–water partition coefficient (Wildman–Crippen LogP) is 4.15. The fourth-order valence-corrected chi connectivity index (χ4v) is 1.46. The third-order valence-electron chi connectivity index (χ3n) is 2.22. The first-order chi connectivity index (χ1) is 7.68. The zero-order valence-electron chi connectivity index (χ0n) is 13.1. The molecule has 0 aromatic heterocycles. The molecule has 0 spiro atoms. The molecule has 104 valence electrons. The molecule has 1 N–H and O–H groups in total. The summed E-state index contributed by atoms with van der Waals surface area (Å²) in [6.07, 6.45) is 3.35. The molecule has 0 aromatic carbocycles. The number of rotatable bonds is 5. The summed E-state index contributed by atoms with van der Waals surface area (Å²) < 4.78 is 2.24. The normalized spacial score (nSPS) is 12.8. The van der Waals surface area contributed by atoms with Gasteiger partial charge in [-0.1, -0.05) is 59.6 Å². The first-order valence-electron chi connectivity index (χ1n) is 6.36. The smallest absolute Gasteiger partial charge is 0.0442 e. The van der Waals surface area contributed by atoms with Crippen LogP contribution in [-0.4, -0.2) is 30.2 Å². The Kier molecular flexibility index (Phi) is 11.1. The molecule has 17 heavy (non-hydrogen) atoms. The van der Waals surface area contributed by atoms with Crippen molar-refractivity contribution in [2.24, 2.45) is 5.41 Å². The first kappa shape index (κ1) is 19.2. The maximum absolute atomic E-state index is 3.91. The molecule has 0 aliphatic rings. The fraction of sp³-hybridized carbons (Fsp3) is 0.857. The molecule has 0 aliphatic heterocycles. The summed E-state index contributed by atoms with van der Waals surface area (Å²) in [5.74, 6) is 0. The lowest BCUT2D eigenvalue weighted by Crippen LogP contribution is -2.45. The third kappa shape index (κ3) is 12.1. The largest absolute Gasteiger partial charge is 0.384 e. The highest BCUT2D eigenvalue weighted by atomic mass is 32.2.